The highest BCUT2D eigenvalue weighted by molar-refractivity contribution is 7.89. The molecule has 2 unspecified atom stereocenters. The van der Waals surface area contributed by atoms with E-state index in [4.69, 9.17) is 0 Å². The Hall–Kier alpha value is -0.170. The van der Waals surface area contributed by atoms with Crippen LogP contribution in [-0.4, -0.2) is 55.9 Å². The molecule has 5 nitrogen and oxygen atoms in total. The highest BCUT2D eigenvalue weighted by Gasteiger charge is 2.33. The van der Waals surface area contributed by atoms with Gasteiger partial charge in [-0.2, -0.15) is 4.31 Å². The second-order valence-electron chi connectivity index (χ2n) is 3.21. The number of nitrogens with zero attached hydrogens (tertiary/aromatic N) is 1. The maximum atomic E-state index is 11.4. The van der Waals surface area contributed by atoms with Crippen molar-refractivity contribution in [3.8, 4) is 0 Å². The molecule has 1 rings (SSSR count). The van der Waals surface area contributed by atoms with Crippen molar-refractivity contribution in [2.45, 2.75) is 19.1 Å². The van der Waals surface area contributed by atoms with Gasteiger partial charge in [0.15, 0.2) is 0 Å². The molecule has 1 fully saturated rings. The van der Waals surface area contributed by atoms with Crippen LogP contribution in [0, 0.1) is 0 Å². The van der Waals surface area contributed by atoms with Crippen LogP contribution in [0.1, 0.15) is 6.92 Å². The van der Waals surface area contributed by atoms with Gasteiger partial charge in [-0.05, 0) is 6.92 Å². The summed E-state index contributed by atoms with van der Waals surface area (Å²) in [5.74, 6) is 0.0761. The maximum absolute atomic E-state index is 11.4. The number of hydrogen-bond acceptors (Lipinski definition) is 4. The molecule has 78 valence electrons. The minimum absolute atomic E-state index is 0.0761. The number of sulfonamides is 1. The first kappa shape index (κ1) is 10.9. The number of β-amino-alcohol motifs (C(OH)–C–C–N with tert-alkyl or cyclic N) is 1. The van der Waals surface area contributed by atoms with Crippen molar-refractivity contribution in [3.63, 3.8) is 0 Å². The molecule has 0 saturated carbocycles. The van der Waals surface area contributed by atoms with Gasteiger partial charge >= 0.3 is 0 Å². The van der Waals surface area contributed by atoms with Gasteiger partial charge in [-0.3, -0.25) is 0 Å². The van der Waals surface area contributed by atoms with Crippen LogP contribution in [0.25, 0.3) is 0 Å². The molecule has 1 aliphatic rings. The van der Waals surface area contributed by atoms with Gasteiger partial charge in [0.05, 0.1) is 17.9 Å². The Morgan fingerprint density at radius 2 is 2.15 bits per heavy atom. The van der Waals surface area contributed by atoms with Crippen molar-refractivity contribution < 1.29 is 13.5 Å². The lowest BCUT2D eigenvalue weighted by molar-refractivity contribution is 0.136. The van der Waals surface area contributed by atoms with Crippen molar-refractivity contribution in [2.75, 3.05) is 25.9 Å². The lowest BCUT2D eigenvalue weighted by Gasteiger charge is -2.24. The molecule has 0 bridgehead atoms. The third-order valence-electron chi connectivity index (χ3n) is 2.42. The third-order valence-corrected chi connectivity index (χ3v) is 4.30. The van der Waals surface area contributed by atoms with E-state index in [1.165, 1.54) is 11.4 Å². The maximum Gasteiger partial charge on any atom is 0.213 e. The molecule has 2 atom stereocenters. The Kier molecular flexibility index (Phi) is 3.28. The number of likely N-dealkylation sites (N-methyl/N-ethyl adjacent to an activating group) is 1. The lowest BCUT2D eigenvalue weighted by Crippen LogP contribution is -2.44. The second-order valence-corrected chi connectivity index (χ2v) is 5.53. The molecule has 0 aromatic carbocycles. The van der Waals surface area contributed by atoms with Gasteiger partial charge in [0.2, 0.25) is 10.0 Å². The third kappa shape index (κ3) is 2.19. The number of aliphatic hydroxyl groups is 1. The van der Waals surface area contributed by atoms with Gasteiger partial charge in [-0.15, -0.1) is 0 Å². The van der Waals surface area contributed by atoms with E-state index in [-0.39, 0.29) is 11.8 Å². The predicted octanol–water partition coefficient (Wildman–Crippen LogP) is -1.40. The molecule has 0 radical (unpaired) electrons. The van der Waals surface area contributed by atoms with Crippen molar-refractivity contribution in [2.24, 2.45) is 0 Å². The SMILES string of the molecule is CCS(=O)(=O)N(C)C1CNCC1O. The van der Waals surface area contributed by atoms with Gasteiger partial charge in [0.25, 0.3) is 0 Å². The molecule has 0 amide bonds. The first-order valence-electron chi connectivity index (χ1n) is 4.33. The summed E-state index contributed by atoms with van der Waals surface area (Å²) in [4.78, 5) is 0. The Morgan fingerprint density at radius 3 is 2.54 bits per heavy atom. The summed E-state index contributed by atoms with van der Waals surface area (Å²) >= 11 is 0. The van der Waals surface area contributed by atoms with Crippen LogP contribution in [-0.2, 0) is 10.0 Å². The van der Waals surface area contributed by atoms with Crippen LogP contribution in [0.3, 0.4) is 0 Å². The second kappa shape index (κ2) is 3.91. The summed E-state index contributed by atoms with van der Waals surface area (Å²) in [6, 6.07) is -0.315. The van der Waals surface area contributed by atoms with Crippen molar-refractivity contribution in [3.05, 3.63) is 0 Å². The minimum atomic E-state index is -3.18. The van der Waals surface area contributed by atoms with E-state index < -0.39 is 16.1 Å². The van der Waals surface area contributed by atoms with E-state index in [0.29, 0.717) is 13.1 Å². The van der Waals surface area contributed by atoms with Gasteiger partial charge in [0, 0.05) is 20.1 Å². The highest BCUT2D eigenvalue weighted by atomic mass is 32.2. The highest BCUT2D eigenvalue weighted by Crippen LogP contribution is 2.11. The topological polar surface area (TPSA) is 69.6 Å². The predicted molar refractivity (Wildman–Crippen MR) is 49.9 cm³/mol. The van der Waals surface area contributed by atoms with Crippen LogP contribution >= 0.6 is 0 Å². The van der Waals surface area contributed by atoms with Crippen LogP contribution in [0.5, 0.6) is 0 Å². The molecule has 6 heteroatoms. The van der Waals surface area contributed by atoms with Crippen molar-refractivity contribution in [1.82, 2.24) is 9.62 Å². The van der Waals surface area contributed by atoms with Gasteiger partial charge in [-0.25, -0.2) is 8.42 Å². The van der Waals surface area contributed by atoms with E-state index in [9.17, 15) is 13.5 Å². The van der Waals surface area contributed by atoms with Crippen LogP contribution in [0.15, 0.2) is 0 Å². The average Bonchev–Trinajstić information content (AvgIpc) is 2.50. The Bertz CT molecular complexity index is 265. The molecule has 0 spiro atoms. The molecule has 0 aromatic rings. The number of hydrogen-bond donors (Lipinski definition) is 2. The van der Waals surface area contributed by atoms with E-state index in [0.717, 1.165) is 0 Å². The van der Waals surface area contributed by atoms with E-state index in [2.05, 4.69) is 5.32 Å². The zero-order chi connectivity index (χ0) is 10.1. The van der Waals surface area contributed by atoms with E-state index in [1.54, 1.807) is 6.92 Å². The number of aliphatic hydroxyl groups excluding tert-OH is 1. The smallest absolute Gasteiger partial charge is 0.213 e. The first-order chi connectivity index (χ1) is 5.99. The monoisotopic (exact) mass is 208 g/mol. The van der Waals surface area contributed by atoms with Gasteiger partial charge in [0.1, 0.15) is 0 Å². The summed E-state index contributed by atoms with van der Waals surface area (Å²) in [5, 5.41) is 12.4. The molecule has 1 heterocycles. The van der Waals surface area contributed by atoms with Gasteiger partial charge in [-0.1, -0.05) is 0 Å². The largest absolute Gasteiger partial charge is 0.390 e. The Morgan fingerprint density at radius 1 is 1.54 bits per heavy atom. The molecule has 0 aromatic heterocycles. The summed E-state index contributed by atoms with van der Waals surface area (Å²) < 4.78 is 24.1. The van der Waals surface area contributed by atoms with E-state index >= 15 is 0 Å². The van der Waals surface area contributed by atoms with E-state index in [1.807, 2.05) is 0 Å². The molecular formula is C7H16N2O3S. The quantitative estimate of drug-likeness (QED) is 0.598. The first-order valence-corrected chi connectivity index (χ1v) is 5.94. The number of nitrogens with one attached hydrogen (secondary N) is 1. The fraction of sp³-hybridized carbons (Fsp3) is 1.00. The zero-order valence-corrected chi connectivity index (χ0v) is 8.71. The fourth-order valence-corrected chi connectivity index (χ4v) is 2.47. The summed E-state index contributed by atoms with van der Waals surface area (Å²) in [6.45, 7) is 2.59. The minimum Gasteiger partial charge on any atom is -0.390 e. The Labute approximate surface area is 78.8 Å². The summed E-state index contributed by atoms with van der Waals surface area (Å²) in [6.07, 6.45) is -0.591. The Balaban J connectivity index is 2.72. The van der Waals surface area contributed by atoms with Crippen LogP contribution in [0.2, 0.25) is 0 Å². The van der Waals surface area contributed by atoms with Crippen molar-refractivity contribution in [1.29, 1.82) is 0 Å². The van der Waals surface area contributed by atoms with Gasteiger partial charge < -0.3 is 10.4 Å². The lowest BCUT2D eigenvalue weighted by atomic mass is 10.2. The molecule has 2 N–H and O–H groups in total. The van der Waals surface area contributed by atoms with Crippen LogP contribution < -0.4 is 5.32 Å². The molecule has 13 heavy (non-hydrogen) atoms. The number of rotatable bonds is 3. The molecular weight excluding hydrogens is 192 g/mol. The van der Waals surface area contributed by atoms with Crippen LogP contribution in [0.4, 0.5) is 0 Å². The average molecular weight is 208 g/mol. The summed E-state index contributed by atoms with van der Waals surface area (Å²) in [7, 11) is -1.67. The molecule has 0 aliphatic carbocycles. The normalized spacial score (nSPS) is 29.8. The standard InChI is InChI=1S/C7H16N2O3S/c1-3-13(11,12)9(2)6-4-8-5-7(6)10/h6-8,10H,3-5H2,1-2H3. The zero-order valence-electron chi connectivity index (χ0n) is 7.90. The summed E-state index contributed by atoms with van der Waals surface area (Å²) in [5.41, 5.74) is 0. The molecule has 1 saturated heterocycles. The molecule has 1 aliphatic heterocycles. The van der Waals surface area contributed by atoms with Crippen molar-refractivity contribution >= 4 is 10.0 Å². The fourth-order valence-electron chi connectivity index (χ4n) is 1.43.